The minimum Gasteiger partial charge on any atom is -0.394 e. The molecule has 1 heterocycles. The van der Waals surface area contributed by atoms with E-state index < -0.39 is 24.4 Å². The Labute approximate surface area is 102 Å². The maximum absolute atomic E-state index is 9.80. The Kier molecular flexibility index (Phi) is 5.58. The summed E-state index contributed by atoms with van der Waals surface area (Å²) >= 11 is 0. The van der Waals surface area contributed by atoms with Gasteiger partial charge in [0.15, 0.2) is 0 Å². The van der Waals surface area contributed by atoms with Gasteiger partial charge in [-0.3, -0.25) is 0 Å². The van der Waals surface area contributed by atoms with Crippen LogP contribution in [0.1, 0.15) is 13.3 Å². The van der Waals surface area contributed by atoms with Crippen LogP contribution in [0.5, 0.6) is 0 Å². The van der Waals surface area contributed by atoms with E-state index in [4.69, 9.17) is 9.84 Å². The molecule has 4 nitrogen and oxygen atoms in total. The average Bonchev–Trinajstić information content (AvgIpc) is 2.29. The molecule has 96 valence electrons. The standard InChI is InChI=1S/C13H20O4/c1-3-4-5-6-9(2)13-11(16)7-10(15)12(8-14)17-13/h3-6,10-16H,2,7-8H2,1H3/b4-3-,6-5-/t10-,11-,12+,13+/m0/s1. The molecule has 1 rings (SSSR count). The van der Waals surface area contributed by atoms with Gasteiger partial charge in [0, 0.05) is 6.42 Å². The Bertz CT molecular complexity index is 309. The fourth-order valence-corrected chi connectivity index (χ4v) is 1.78. The highest BCUT2D eigenvalue weighted by Crippen LogP contribution is 2.24. The molecule has 0 bridgehead atoms. The van der Waals surface area contributed by atoms with Gasteiger partial charge in [-0.1, -0.05) is 30.9 Å². The Morgan fingerprint density at radius 1 is 1.35 bits per heavy atom. The minimum absolute atomic E-state index is 0.187. The summed E-state index contributed by atoms with van der Waals surface area (Å²) in [5.74, 6) is 0. The number of allylic oxidation sites excluding steroid dienone is 3. The highest BCUT2D eigenvalue weighted by Gasteiger charge is 2.36. The van der Waals surface area contributed by atoms with Crippen molar-refractivity contribution >= 4 is 0 Å². The van der Waals surface area contributed by atoms with Crippen LogP contribution >= 0.6 is 0 Å². The molecule has 4 heteroatoms. The topological polar surface area (TPSA) is 69.9 Å². The molecule has 17 heavy (non-hydrogen) atoms. The number of aliphatic hydroxyl groups is 3. The van der Waals surface area contributed by atoms with Crippen molar-refractivity contribution in [3.05, 3.63) is 36.5 Å². The lowest BCUT2D eigenvalue weighted by Crippen LogP contribution is -2.49. The molecule has 0 aromatic carbocycles. The maximum Gasteiger partial charge on any atom is 0.108 e. The summed E-state index contributed by atoms with van der Waals surface area (Å²) in [4.78, 5) is 0. The van der Waals surface area contributed by atoms with E-state index in [1.54, 1.807) is 12.2 Å². The maximum atomic E-state index is 9.80. The summed E-state index contributed by atoms with van der Waals surface area (Å²) in [5.41, 5.74) is 0.626. The zero-order chi connectivity index (χ0) is 12.8. The van der Waals surface area contributed by atoms with E-state index in [1.807, 2.05) is 19.1 Å². The van der Waals surface area contributed by atoms with E-state index in [9.17, 15) is 10.2 Å². The molecular formula is C13H20O4. The molecule has 0 saturated carbocycles. The van der Waals surface area contributed by atoms with Crippen molar-refractivity contribution < 1.29 is 20.1 Å². The van der Waals surface area contributed by atoms with Crippen LogP contribution in [-0.2, 0) is 4.74 Å². The van der Waals surface area contributed by atoms with Gasteiger partial charge in [-0.25, -0.2) is 0 Å². The van der Waals surface area contributed by atoms with Crippen LogP contribution < -0.4 is 0 Å². The van der Waals surface area contributed by atoms with Crippen molar-refractivity contribution in [1.29, 1.82) is 0 Å². The first-order chi connectivity index (χ1) is 8.10. The largest absolute Gasteiger partial charge is 0.394 e. The van der Waals surface area contributed by atoms with Crippen LogP contribution in [0, 0.1) is 0 Å². The second kappa shape index (κ2) is 6.71. The van der Waals surface area contributed by atoms with E-state index in [0.717, 1.165) is 0 Å². The van der Waals surface area contributed by atoms with Crippen LogP contribution in [0.25, 0.3) is 0 Å². The molecule has 0 spiro atoms. The molecule has 3 N–H and O–H groups in total. The van der Waals surface area contributed by atoms with Crippen molar-refractivity contribution in [1.82, 2.24) is 0 Å². The van der Waals surface area contributed by atoms with Crippen molar-refractivity contribution in [2.75, 3.05) is 6.61 Å². The third-order valence-electron chi connectivity index (χ3n) is 2.74. The van der Waals surface area contributed by atoms with Crippen LogP contribution in [0.2, 0.25) is 0 Å². The predicted molar refractivity (Wildman–Crippen MR) is 65.5 cm³/mol. The van der Waals surface area contributed by atoms with Gasteiger partial charge < -0.3 is 20.1 Å². The first kappa shape index (κ1) is 14.1. The van der Waals surface area contributed by atoms with Gasteiger partial charge in [0.2, 0.25) is 0 Å². The summed E-state index contributed by atoms with van der Waals surface area (Å²) < 4.78 is 5.43. The van der Waals surface area contributed by atoms with E-state index in [0.29, 0.717) is 5.57 Å². The summed E-state index contributed by atoms with van der Waals surface area (Å²) in [6.45, 7) is 5.46. The highest BCUT2D eigenvalue weighted by atomic mass is 16.5. The highest BCUT2D eigenvalue weighted by molar-refractivity contribution is 5.24. The summed E-state index contributed by atoms with van der Waals surface area (Å²) in [7, 11) is 0. The zero-order valence-corrected chi connectivity index (χ0v) is 9.99. The Balaban J connectivity index is 2.65. The fourth-order valence-electron chi connectivity index (χ4n) is 1.78. The van der Waals surface area contributed by atoms with E-state index in [1.165, 1.54) is 0 Å². The Morgan fingerprint density at radius 3 is 2.65 bits per heavy atom. The first-order valence-electron chi connectivity index (χ1n) is 5.70. The van der Waals surface area contributed by atoms with Gasteiger partial charge >= 0.3 is 0 Å². The monoisotopic (exact) mass is 240 g/mol. The van der Waals surface area contributed by atoms with Gasteiger partial charge in [0.1, 0.15) is 12.2 Å². The average molecular weight is 240 g/mol. The van der Waals surface area contributed by atoms with E-state index in [2.05, 4.69) is 6.58 Å². The third-order valence-corrected chi connectivity index (χ3v) is 2.74. The van der Waals surface area contributed by atoms with Gasteiger partial charge in [0.05, 0.1) is 18.8 Å². The normalized spacial score (nSPS) is 34.6. The van der Waals surface area contributed by atoms with Crippen LogP contribution in [-0.4, -0.2) is 46.3 Å². The molecule has 0 amide bonds. The molecule has 0 radical (unpaired) electrons. The molecule has 0 aromatic heterocycles. The first-order valence-corrected chi connectivity index (χ1v) is 5.70. The molecule has 4 atom stereocenters. The molecule has 1 fully saturated rings. The van der Waals surface area contributed by atoms with Crippen LogP contribution in [0.15, 0.2) is 36.5 Å². The number of ether oxygens (including phenoxy) is 1. The SMILES string of the molecule is C=C(/C=C\C=C/C)[C@H]1O[C@H](CO)[C@@H](O)C[C@@H]1O. The second-order valence-corrected chi connectivity index (χ2v) is 4.11. The van der Waals surface area contributed by atoms with Crippen LogP contribution in [0.3, 0.4) is 0 Å². The van der Waals surface area contributed by atoms with Gasteiger partial charge in [-0.05, 0) is 12.5 Å². The lowest BCUT2D eigenvalue weighted by molar-refractivity contribution is -0.165. The van der Waals surface area contributed by atoms with E-state index >= 15 is 0 Å². The Morgan fingerprint density at radius 2 is 2.06 bits per heavy atom. The van der Waals surface area contributed by atoms with Gasteiger partial charge in [-0.2, -0.15) is 0 Å². The van der Waals surface area contributed by atoms with Crippen molar-refractivity contribution in [3.63, 3.8) is 0 Å². The number of rotatable bonds is 4. The number of hydrogen-bond donors (Lipinski definition) is 3. The Hall–Kier alpha value is -0.940. The summed E-state index contributed by atoms with van der Waals surface area (Å²) in [5, 5.41) is 28.4. The molecular weight excluding hydrogens is 220 g/mol. The summed E-state index contributed by atoms with van der Waals surface area (Å²) in [6.07, 6.45) is 4.60. The smallest absolute Gasteiger partial charge is 0.108 e. The van der Waals surface area contributed by atoms with Crippen molar-refractivity contribution in [2.24, 2.45) is 0 Å². The molecule has 1 saturated heterocycles. The number of aliphatic hydroxyl groups excluding tert-OH is 3. The fraction of sp³-hybridized carbons (Fsp3) is 0.538. The second-order valence-electron chi connectivity index (χ2n) is 4.11. The van der Waals surface area contributed by atoms with Gasteiger partial charge in [0.25, 0.3) is 0 Å². The lowest BCUT2D eigenvalue weighted by Gasteiger charge is -2.36. The number of hydrogen-bond acceptors (Lipinski definition) is 4. The predicted octanol–water partition coefficient (Wildman–Crippen LogP) is 0.546. The molecule has 1 aliphatic heterocycles. The molecule has 1 aliphatic rings. The van der Waals surface area contributed by atoms with Gasteiger partial charge in [-0.15, -0.1) is 0 Å². The minimum atomic E-state index is -0.835. The van der Waals surface area contributed by atoms with E-state index in [-0.39, 0.29) is 13.0 Å². The lowest BCUT2D eigenvalue weighted by atomic mass is 9.94. The molecule has 0 aliphatic carbocycles. The van der Waals surface area contributed by atoms with Crippen molar-refractivity contribution in [3.8, 4) is 0 Å². The third kappa shape index (κ3) is 3.78. The van der Waals surface area contributed by atoms with Crippen molar-refractivity contribution in [2.45, 2.75) is 37.8 Å². The molecule has 0 aromatic rings. The quantitative estimate of drug-likeness (QED) is 0.628. The molecule has 0 unspecified atom stereocenters. The zero-order valence-electron chi connectivity index (χ0n) is 9.99. The van der Waals surface area contributed by atoms with Crippen LogP contribution in [0.4, 0.5) is 0 Å². The summed E-state index contributed by atoms with van der Waals surface area (Å²) in [6, 6.07) is 0.